The van der Waals surface area contributed by atoms with Gasteiger partial charge >= 0.3 is 0 Å². The Morgan fingerprint density at radius 2 is 1.83 bits per heavy atom. The van der Waals surface area contributed by atoms with E-state index in [-0.39, 0.29) is 29.9 Å². The van der Waals surface area contributed by atoms with Gasteiger partial charge in [0.05, 0.1) is 6.54 Å². The molecule has 2 fully saturated rings. The van der Waals surface area contributed by atoms with Crippen molar-refractivity contribution < 1.29 is 4.79 Å². The maximum atomic E-state index is 12.1. The maximum absolute atomic E-state index is 12.1. The molecule has 1 heterocycles. The van der Waals surface area contributed by atoms with Gasteiger partial charge in [0.1, 0.15) is 0 Å². The van der Waals surface area contributed by atoms with Crippen LogP contribution in [0.3, 0.4) is 0 Å². The Morgan fingerprint density at radius 3 is 2.52 bits per heavy atom. The van der Waals surface area contributed by atoms with E-state index in [4.69, 9.17) is 0 Å². The molecular formula is C22H36IN5O. The Labute approximate surface area is 192 Å². The highest BCUT2D eigenvalue weighted by Gasteiger charge is 2.23. The van der Waals surface area contributed by atoms with Crippen LogP contribution in [0.2, 0.25) is 0 Å². The minimum absolute atomic E-state index is 0. The molecule has 29 heavy (non-hydrogen) atoms. The van der Waals surface area contributed by atoms with Crippen LogP contribution in [0, 0.1) is 6.92 Å². The lowest BCUT2D eigenvalue weighted by atomic mass is 10.2. The van der Waals surface area contributed by atoms with E-state index in [2.05, 4.69) is 64.0 Å². The summed E-state index contributed by atoms with van der Waals surface area (Å²) in [6.45, 7) is 7.53. The monoisotopic (exact) mass is 513 g/mol. The third kappa shape index (κ3) is 7.68. The highest BCUT2D eigenvalue weighted by atomic mass is 127. The van der Waals surface area contributed by atoms with E-state index >= 15 is 0 Å². The topological polar surface area (TPSA) is 68.8 Å². The van der Waals surface area contributed by atoms with Crippen LogP contribution < -0.4 is 20.9 Å². The number of carbonyl (C=O) groups excluding carboxylic acids is 1. The SMILES string of the molecule is CCNC(=NCCC(=O)NC1CCCC1)NC1CCN(c2ccc(C)cc2)C1.I. The zero-order valence-electron chi connectivity index (χ0n) is 17.7. The molecule has 1 atom stereocenters. The molecular weight excluding hydrogens is 477 g/mol. The van der Waals surface area contributed by atoms with Crippen LogP contribution in [-0.4, -0.2) is 50.1 Å². The lowest BCUT2D eigenvalue weighted by Crippen LogP contribution is -2.44. The summed E-state index contributed by atoms with van der Waals surface area (Å²) in [5.74, 6) is 0.935. The number of guanidine groups is 1. The van der Waals surface area contributed by atoms with Gasteiger partial charge in [-0.2, -0.15) is 0 Å². The zero-order valence-corrected chi connectivity index (χ0v) is 20.1. The van der Waals surface area contributed by atoms with Crippen LogP contribution in [0.15, 0.2) is 29.3 Å². The molecule has 3 N–H and O–H groups in total. The predicted molar refractivity (Wildman–Crippen MR) is 131 cm³/mol. The van der Waals surface area contributed by atoms with Crippen molar-refractivity contribution in [3.8, 4) is 0 Å². The molecule has 2 aliphatic rings. The van der Waals surface area contributed by atoms with Crippen molar-refractivity contribution in [3.63, 3.8) is 0 Å². The Bertz CT molecular complexity index is 658. The van der Waals surface area contributed by atoms with Crippen LogP contribution in [0.4, 0.5) is 5.69 Å². The number of hydrogen-bond acceptors (Lipinski definition) is 3. The smallest absolute Gasteiger partial charge is 0.222 e. The van der Waals surface area contributed by atoms with E-state index in [1.807, 2.05) is 0 Å². The number of amides is 1. The third-order valence-electron chi connectivity index (χ3n) is 5.60. The fourth-order valence-corrected chi connectivity index (χ4v) is 4.02. The number of nitrogens with zero attached hydrogens (tertiary/aromatic N) is 2. The summed E-state index contributed by atoms with van der Waals surface area (Å²) < 4.78 is 0. The van der Waals surface area contributed by atoms with Gasteiger partial charge in [-0.05, 0) is 45.2 Å². The van der Waals surface area contributed by atoms with Crippen molar-refractivity contribution in [3.05, 3.63) is 29.8 Å². The number of hydrogen-bond donors (Lipinski definition) is 3. The number of benzene rings is 1. The number of carbonyl (C=O) groups is 1. The highest BCUT2D eigenvalue weighted by molar-refractivity contribution is 14.0. The van der Waals surface area contributed by atoms with Crippen molar-refractivity contribution in [2.75, 3.05) is 31.1 Å². The van der Waals surface area contributed by atoms with Gasteiger partial charge in [0.2, 0.25) is 5.91 Å². The number of aliphatic imine (C=N–C) groups is 1. The Hall–Kier alpha value is -1.51. The van der Waals surface area contributed by atoms with E-state index in [9.17, 15) is 4.79 Å². The van der Waals surface area contributed by atoms with E-state index in [1.165, 1.54) is 24.1 Å². The Balaban J connectivity index is 0.00000300. The molecule has 1 saturated heterocycles. The fourth-order valence-electron chi connectivity index (χ4n) is 4.02. The van der Waals surface area contributed by atoms with Gasteiger partial charge in [-0.25, -0.2) is 0 Å². The largest absolute Gasteiger partial charge is 0.369 e. The predicted octanol–water partition coefficient (Wildman–Crippen LogP) is 3.20. The molecule has 1 amide bonds. The molecule has 1 aromatic carbocycles. The second kappa shape index (κ2) is 12.2. The van der Waals surface area contributed by atoms with Crippen molar-refractivity contribution >= 4 is 41.5 Å². The molecule has 1 aliphatic heterocycles. The van der Waals surface area contributed by atoms with Gasteiger partial charge in [-0.3, -0.25) is 9.79 Å². The number of aryl methyl sites for hydroxylation is 1. The summed E-state index contributed by atoms with van der Waals surface area (Å²) in [5, 5.41) is 9.98. The lowest BCUT2D eigenvalue weighted by Gasteiger charge is -2.20. The van der Waals surface area contributed by atoms with Crippen LogP contribution in [0.1, 0.15) is 51.0 Å². The second-order valence-corrected chi connectivity index (χ2v) is 7.97. The van der Waals surface area contributed by atoms with Crippen molar-refractivity contribution in [1.82, 2.24) is 16.0 Å². The van der Waals surface area contributed by atoms with Gasteiger partial charge in [-0.1, -0.05) is 30.5 Å². The van der Waals surface area contributed by atoms with Gasteiger partial charge in [-0.15, -0.1) is 24.0 Å². The average Bonchev–Trinajstić information content (AvgIpc) is 3.35. The highest BCUT2D eigenvalue weighted by Crippen LogP contribution is 2.20. The van der Waals surface area contributed by atoms with Gasteiger partial charge in [0.25, 0.3) is 0 Å². The summed E-state index contributed by atoms with van der Waals surface area (Å²) in [5.41, 5.74) is 2.57. The fraction of sp³-hybridized carbons (Fsp3) is 0.636. The molecule has 0 spiro atoms. The maximum Gasteiger partial charge on any atom is 0.222 e. The van der Waals surface area contributed by atoms with Crippen LogP contribution in [0.5, 0.6) is 0 Å². The first-order chi connectivity index (χ1) is 13.6. The van der Waals surface area contributed by atoms with Gasteiger partial charge in [0, 0.05) is 43.8 Å². The van der Waals surface area contributed by atoms with Crippen molar-refractivity contribution in [2.24, 2.45) is 4.99 Å². The molecule has 162 valence electrons. The Kier molecular flexibility index (Phi) is 10.0. The lowest BCUT2D eigenvalue weighted by molar-refractivity contribution is -0.121. The van der Waals surface area contributed by atoms with Gasteiger partial charge < -0.3 is 20.9 Å². The molecule has 7 heteroatoms. The standard InChI is InChI=1S/C22H35N5O.HI/c1-3-23-22(24-14-12-21(28)25-18-6-4-5-7-18)26-19-13-15-27(16-19)20-10-8-17(2)9-11-20;/h8-11,18-19H,3-7,12-16H2,1-2H3,(H,25,28)(H2,23,24,26);1H. The molecule has 0 bridgehead atoms. The molecule has 6 nitrogen and oxygen atoms in total. The number of rotatable bonds is 7. The van der Waals surface area contributed by atoms with Crippen LogP contribution >= 0.6 is 24.0 Å². The van der Waals surface area contributed by atoms with E-state index < -0.39 is 0 Å². The summed E-state index contributed by atoms with van der Waals surface area (Å²) >= 11 is 0. The molecule has 1 unspecified atom stereocenters. The van der Waals surface area contributed by atoms with Crippen LogP contribution in [0.25, 0.3) is 0 Å². The van der Waals surface area contributed by atoms with Crippen molar-refractivity contribution in [1.29, 1.82) is 0 Å². The quantitative estimate of drug-likeness (QED) is 0.298. The normalized spacial score (nSPS) is 19.7. The van der Waals surface area contributed by atoms with Crippen LogP contribution in [-0.2, 0) is 4.79 Å². The number of halogens is 1. The second-order valence-electron chi connectivity index (χ2n) is 7.97. The molecule has 1 aliphatic carbocycles. The zero-order chi connectivity index (χ0) is 19.8. The first-order valence-electron chi connectivity index (χ1n) is 10.8. The Morgan fingerprint density at radius 1 is 1.10 bits per heavy atom. The summed E-state index contributed by atoms with van der Waals surface area (Å²) in [6.07, 6.45) is 6.25. The molecule has 1 saturated carbocycles. The molecule has 3 rings (SSSR count). The molecule has 0 aromatic heterocycles. The van der Waals surface area contributed by atoms with E-state index in [0.29, 0.717) is 25.0 Å². The molecule has 0 radical (unpaired) electrons. The number of anilines is 1. The van der Waals surface area contributed by atoms with E-state index in [0.717, 1.165) is 44.9 Å². The van der Waals surface area contributed by atoms with Crippen molar-refractivity contribution in [2.45, 2.75) is 64.5 Å². The molecule has 1 aromatic rings. The summed E-state index contributed by atoms with van der Waals surface area (Å²) in [7, 11) is 0. The first kappa shape index (κ1) is 23.8. The summed E-state index contributed by atoms with van der Waals surface area (Å²) in [4.78, 5) is 19.1. The summed E-state index contributed by atoms with van der Waals surface area (Å²) in [6, 6.07) is 9.47. The van der Waals surface area contributed by atoms with E-state index in [1.54, 1.807) is 0 Å². The van der Waals surface area contributed by atoms with Gasteiger partial charge in [0.15, 0.2) is 5.96 Å². The minimum atomic E-state index is 0. The first-order valence-corrected chi connectivity index (χ1v) is 10.8. The minimum Gasteiger partial charge on any atom is -0.369 e. The number of nitrogens with one attached hydrogen (secondary N) is 3. The third-order valence-corrected chi connectivity index (χ3v) is 5.60. The average molecular weight is 513 g/mol.